The number of amides is 1. The number of hydrogen-bond acceptors (Lipinski definition) is 8. The number of carbonyl (C=O) groups excluding carboxylic acids is 2. The zero-order valence-corrected chi connectivity index (χ0v) is 15.3. The van der Waals surface area contributed by atoms with Crippen LogP contribution in [0, 0.1) is 10.1 Å². The Hall–Kier alpha value is -3.51. The predicted octanol–water partition coefficient (Wildman–Crippen LogP) is 1.05. The second kappa shape index (κ2) is 8.45. The fraction of sp³-hybridized carbons (Fsp3) is 0.125. The molecule has 0 aromatic heterocycles. The van der Waals surface area contributed by atoms with Gasteiger partial charge in [0.25, 0.3) is 11.6 Å². The summed E-state index contributed by atoms with van der Waals surface area (Å²) in [4.78, 5) is 34.1. The highest BCUT2D eigenvalue weighted by Crippen LogP contribution is 2.24. The molecular formula is C16H15N3O8S. The molecule has 1 amide bonds. The molecular weight excluding hydrogens is 394 g/mol. The third-order valence-corrected chi connectivity index (χ3v) is 4.34. The number of primary sulfonamides is 1. The number of nitro benzene ring substituents is 1. The van der Waals surface area contributed by atoms with Crippen molar-refractivity contribution in [3.05, 3.63) is 58.1 Å². The number of nitrogens with two attached hydrogens (primary N) is 1. The Balaban J connectivity index is 2.12. The van der Waals surface area contributed by atoms with Gasteiger partial charge in [-0.3, -0.25) is 14.9 Å². The van der Waals surface area contributed by atoms with Crippen molar-refractivity contribution >= 4 is 33.3 Å². The molecule has 0 aliphatic rings. The molecule has 0 heterocycles. The minimum absolute atomic E-state index is 0.0107. The van der Waals surface area contributed by atoms with E-state index in [1.54, 1.807) is 0 Å². The second-order valence-electron chi connectivity index (χ2n) is 5.31. The van der Waals surface area contributed by atoms with Gasteiger partial charge in [-0.05, 0) is 24.3 Å². The third-order valence-electron chi connectivity index (χ3n) is 3.43. The van der Waals surface area contributed by atoms with Crippen LogP contribution >= 0.6 is 0 Å². The Morgan fingerprint density at radius 1 is 1.21 bits per heavy atom. The van der Waals surface area contributed by atoms with Crippen LogP contribution in [0.3, 0.4) is 0 Å². The van der Waals surface area contributed by atoms with Crippen LogP contribution in [0.2, 0.25) is 0 Å². The molecule has 0 aliphatic carbocycles. The minimum Gasteiger partial charge on any atom is -0.496 e. The number of benzene rings is 2. The summed E-state index contributed by atoms with van der Waals surface area (Å²) in [7, 11) is -2.82. The first-order valence-corrected chi connectivity index (χ1v) is 9.09. The van der Waals surface area contributed by atoms with E-state index >= 15 is 0 Å². The van der Waals surface area contributed by atoms with E-state index < -0.39 is 33.4 Å². The maximum absolute atomic E-state index is 12.2. The molecule has 2 aromatic rings. The van der Waals surface area contributed by atoms with Gasteiger partial charge in [0.15, 0.2) is 6.61 Å². The molecule has 0 saturated carbocycles. The van der Waals surface area contributed by atoms with Crippen molar-refractivity contribution in [2.45, 2.75) is 4.90 Å². The summed E-state index contributed by atoms with van der Waals surface area (Å²) in [5, 5.41) is 18.2. The largest absolute Gasteiger partial charge is 0.496 e. The molecule has 0 bridgehead atoms. The number of nitrogens with one attached hydrogen (secondary N) is 1. The lowest BCUT2D eigenvalue weighted by Gasteiger charge is -2.10. The van der Waals surface area contributed by atoms with Gasteiger partial charge in [-0.15, -0.1) is 0 Å². The maximum Gasteiger partial charge on any atom is 0.342 e. The van der Waals surface area contributed by atoms with Crippen LogP contribution < -0.4 is 15.2 Å². The van der Waals surface area contributed by atoms with Gasteiger partial charge in [0.05, 0.1) is 16.9 Å². The minimum atomic E-state index is -4.08. The van der Waals surface area contributed by atoms with Gasteiger partial charge in [0, 0.05) is 6.07 Å². The lowest BCUT2D eigenvalue weighted by Crippen LogP contribution is -2.22. The molecule has 12 heteroatoms. The molecule has 3 N–H and O–H groups in total. The molecule has 148 valence electrons. The van der Waals surface area contributed by atoms with Crippen molar-refractivity contribution in [1.29, 1.82) is 0 Å². The van der Waals surface area contributed by atoms with E-state index in [9.17, 15) is 28.1 Å². The molecule has 0 spiro atoms. The molecule has 0 atom stereocenters. The number of sulfonamides is 1. The second-order valence-corrected chi connectivity index (χ2v) is 6.87. The van der Waals surface area contributed by atoms with Crippen LogP contribution in [0.5, 0.6) is 5.75 Å². The first-order valence-electron chi connectivity index (χ1n) is 7.54. The summed E-state index contributed by atoms with van der Waals surface area (Å²) in [5.41, 5.74) is -0.653. The van der Waals surface area contributed by atoms with Crippen LogP contribution in [0.15, 0.2) is 47.4 Å². The average molecular weight is 409 g/mol. The molecule has 28 heavy (non-hydrogen) atoms. The highest BCUT2D eigenvalue weighted by molar-refractivity contribution is 7.89. The molecule has 11 nitrogen and oxygen atoms in total. The average Bonchev–Trinajstić information content (AvgIpc) is 2.65. The van der Waals surface area contributed by atoms with E-state index in [2.05, 4.69) is 5.32 Å². The number of nitrogens with zero attached hydrogens (tertiary/aromatic N) is 1. The standard InChI is InChI=1S/C16H15N3O8S/c1-26-14-7-6-10(28(17,24)25)8-11(14)16(21)27-9-15(20)18-12-4-2-3-5-13(12)19(22)23/h2-8H,9H2,1H3,(H,18,20)(H2,17,24,25). The molecule has 0 aliphatic heterocycles. The Kier molecular flexibility index (Phi) is 6.28. The van der Waals surface area contributed by atoms with E-state index in [0.29, 0.717) is 0 Å². The van der Waals surface area contributed by atoms with Gasteiger partial charge in [-0.1, -0.05) is 12.1 Å². The van der Waals surface area contributed by atoms with Gasteiger partial charge in [-0.25, -0.2) is 18.4 Å². The first-order chi connectivity index (χ1) is 13.1. The van der Waals surface area contributed by atoms with Gasteiger partial charge in [0.2, 0.25) is 10.0 Å². The molecule has 0 fully saturated rings. The number of rotatable bonds is 7. The first kappa shape index (κ1) is 20.8. The SMILES string of the molecule is COc1ccc(S(N)(=O)=O)cc1C(=O)OCC(=O)Nc1ccccc1[N+](=O)[O-]. The van der Waals surface area contributed by atoms with Crippen LogP contribution in [0.4, 0.5) is 11.4 Å². The van der Waals surface area contributed by atoms with E-state index in [1.807, 2.05) is 0 Å². The number of nitro groups is 1. The van der Waals surface area contributed by atoms with E-state index in [1.165, 1.54) is 37.4 Å². The Labute approximate surface area is 159 Å². The predicted molar refractivity (Wildman–Crippen MR) is 96.4 cm³/mol. The fourth-order valence-corrected chi connectivity index (χ4v) is 2.70. The summed E-state index contributed by atoms with van der Waals surface area (Å²) in [6.45, 7) is -0.770. The normalized spacial score (nSPS) is 10.8. The monoisotopic (exact) mass is 409 g/mol. The quantitative estimate of drug-likeness (QED) is 0.388. The van der Waals surface area contributed by atoms with Crippen molar-refractivity contribution < 1.29 is 32.4 Å². The lowest BCUT2D eigenvalue weighted by atomic mass is 10.2. The zero-order chi connectivity index (χ0) is 20.9. The molecule has 2 aromatic carbocycles. The van der Waals surface area contributed by atoms with Crippen LogP contribution in [0.1, 0.15) is 10.4 Å². The van der Waals surface area contributed by atoms with Crippen molar-refractivity contribution in [3.63, 3.8) is 0 Å². The third kappa shape index (κ3) is 5.02. The van der Waals surface area contributed by atoms with Gasteiger partial charge in [0.1, 0.15) is 17.0 Å². The smallest absolute Gasteiger partial charge is 0.342 e. The number of esters is 1. The van der Waals surface area contributed by atoms with Crippen molar-refractivity contribution in [2.75, 3.05) is 19.0 Å². The van der Waals surface area contributed by atoms with Gasteiger partial charge >= 0.3 is 5.97 Å². The van der Waals surface area contributed by atoms with Gasteiger partial charge < -0.3 is 14.8 Å². The highest BCUT2D eigenvalue weighted by Gasteiger charge is 2.20. The number of para-hydroxylation sites is 2. The van der Waals surface area contributed by atoms with Gasteiger partial charge in [-0.2, -0.15) is 0 Å². The number of carbonyl (C=O) groups is 2. The summed E-state index contributed by atoms with van der Waals surface area (Å²) >= 11 is 0. The Morgan fingerprint density at radius 3 is 2.50 bits per heavy atom. The van der Waals surface area contributed by atoms with Crippen LogP contribution in [0.25, 0.3) is 0 Å². The molecule has 2 rings (SSSR count). The molecule has 0 radical (unpaired) electrons. The van der Waals surface area contributed by atoms with Crippen molar-refractivity contribution in [3.8, 4) is 5.75 Å². The topological polar surface area (TPSA) is 168 Å². The lowest BCUT2D eigenvalue weighted by molar-refractivity contribution is -0.383. The van der Waals surface area contributed by atoms with Crippen LogP contribution in [-0.2, 0) is 19.6 Å². The summed E-state index contributed by atoms with van der Waals surface area (Å²) < 4.78 is 32.7. The highest BCUT2D eigenvalue weighted by atomic mass is 32.2. The summed E-state index contributed by atoms with van der Waals surface area (Å²) in [5.74, 6) is -1.86. The van der Waals surface area contributed by atoms with E-state index in [0.717, 1.165) is 12.1 Å². The molecule has 0 saturated heterocycles. The zero-order valence-electron chi connectivity index (χ0n) is 14.4. The molecule has 0 unspecified atom stereocenters. The fourth-order valence-electron chi connectivity index (χ4n) is 2.16. The summed E-state index contributed by atoms with van der Waals surface area (Å²) in [6.07, 6.45) is 0. The van der Waals surface area contributed by atoms with Crippen molar-refractivity contribution in [2.24, 2.45) is 5.14 Å². The number of methoxy groups -OCH3 is 1. The van der Waals surface area contributed by atoms with E-state index in [4.69, 9.17) is 14.6 Å². The van der Waals surface area contributed by atoms with Crippen molar-refractivity contribution in [1.82, 2.24) is 0 Å². The maximum atomic E-state index is 12.2. The van der Waals surface area contributed by atoms with Crippen LogP contribution in [-0.4, -0.2) is 38.9 Å². The Morgan fingerprint density at radius 2 is 1.89 bits per heavy atom. The van der Waals surface area contributed by atoms with E-state index in [-0.39, 0.29) is 27.6 Å². The number of ether oxygens (including phenoxy) is 2. The Bertz CT molecular complexity index is 1040. The number of hydrogen-bond donors (Lipinski definition) is 2. The summed E-state index contributed by atoms with van der Waals surface area (Å²) in [6, 6.07) is 8.74. The number of anilines is 1.